The molecule has 0 aromatic rings. The third-order valence-electron chi connectivity index (χ3n) is 9.43. The smallest absolute Gasteiger partial charge is 0.332 e. The Morgan fingerprint density at radius 1 is 1.19 bits per heavy atom. The summed E-state index contributed by atoms with van der Waals surface area (Å²) in [6.45, 7) is 6.53. The molecule has 200 valence electrons. The van der Waals surface area contributed by atoms with Gasteiger partial charge in [-0.1, -0.05) is 32.4 Å². The molecule has 4 aliphatic carbocycles. The minimum Gasteiger partial charge on any atom is -0.478 e. The summed E-state index contributed by atoms with van der Waals surface area (Å²) in [5.74, 6) is -3.89. The lowest BCUT2D eigenvalue weighted by Crippen LogP contribution is -2.63. The SMILES string of the molecule is CC(=O)OCC(=O)[C@@]1(OC(=O)/C=C/C(=O)O)CC[C@H]2[C@@H]3C[C@H](C)C4=CC(=O)C=C[C@]4(C)[C@H]3[C@@H](O)C[C@@]21C. The van der Waals surface area contributed by atoms with Crippen LogP contribution in [0.15, 0.2) is 36.0 Å². The summed E-state index contributed by atoms with van der Waals surface area (Å²) < 4.78 is 10.8. The van der Waals surface area contributed by atoms with Crippen molar-refractivity contribution in [2.24, 2.45) is 34.5 Å². The van der Waals surface area contributed by atoms with Crippen molar-refractivity contribution in [3.63, 3.8) is 0 Å². The number of carbonyl (C=O) groups excluding carboxylic acids is 4. The summed E-state index contributed by atoms with van der Waals surface area (Å²) >= 11 is 0. The van der Waals surface area contributed by atoms with Crippen LogP contribution in [0.1, 0.15) is 53.4 Å². The second-order valence-corrected chi connectivity index (χ2v) is 11.4. The number of aliphatic hydroxyl groups is 1. The molecule has 37 heavy (non-hydrogen) atoms. The molecule has 0 spiro atoms. The van der Waals surface area contributed by atoms with Crippen molar-refractivity contribution in [3.05, 3.63) is 36.0 Å². The van der Waals surface area contributed by atoms with Crippen LogP contribution in [0.3, 0.4) is 0 Å². The molecule has 4 rings (SSSR count). The molecule has 0 aromatic heterocycles. The minimum absolute atomic E-state index is 0.0274. The standard InChI is InChI=1S/C28H34O9/c1-15-11-18-19-8-10-28(22(32)14-36-16(2)29,37-24(35)6-5-23(33)34)27(19,4)13-21(31)25(18)26(3)9-7-17(30)12-20(15)26/h5-7,9,12,15,18-19,21,25,31H,8,10-11,13-14H2,1-4H3,(H,33,34)/b6-5+/t15-,18-,19-,21-,25+,26-,27-,28-/m0/s1. The van der Waals surface area contributed by atoms with Gasteiger partial charge in [0.1, 0.15) is 0 Å². The molecule has 0 aromatic carbocycles. The zero-order valence-corrected chi connectivity index (χ0v) is 21.6. The number of ether oxygens (including phenoxy) is 2. The number of carboxylic acids is 1. The summed E-state index contributed by atoms with van der Waals surface area (Å²) in [5, 5.41) is 20.6. The fourth-order valence-corrected chi connectivity index (χ4v) is 8.05. The lowest BCUT2D eigenvalue weighted by Gasteiger charge is -2.61. The molecule has 9 nitrogen and oxygen atoms in total. The maximum atomic E-state index is 13.6. The van der Waals surface area contributed by atoms with E-state index in [1.54, 1.807) is 12.2 Å². The van der Waals surface area contributed by atoms with Gasteiger partial charge in [0.05, 0.1) is 6.10 Å². The molecule has 4 aliphatic rings. The molecule has 0 amide bonds. The number of aliphatic carboxylic acids is 1. The third kappa shape index (κ3) is 4.27. The number of carboxylic acid groups (broad SMARTS) is 1. The quantitative estimate of drug-likeness (QED) is 0.403. The topological polar surface area (TPSA) is 144 Å². The molecular weight excluding hydrogens is 480 g/mol. The van der Waals surface area contributed by atoms with Gasteiger partial charge in [0, 0.05) is 35.8 Å². The number of ketones is 2. The highest BCUT2D eigenvalue weighted by atomic mass is 16.6. The van der Waals surface area contributed by atoms with Gasteiger partial charge in [0.2, 0.25) is 5.78 Å². The Morgan fingerprint density at radius 2 is 1.89 bits per heavy atom. The zero-order chi connectivity index (χ0) is 27.3. The molecule has 0 heterocycles. The summed E-state index contributed by atoms with van der Waals surface area (Å²) in [7, 11) is 0. The Kier molecular flexibility index (Phi) is 6.82. The number of hydrogen-bond acceptors (Lipinski definition) is 8. The van der Waals surface area contributed by atoms with Gasteiger partial charge < -0.3 is 19.7 Å². The van der Waals surface area contributed by atoms with Crippen molar-refractivity contribution in [1.29, 1.82) is 0 Å². The number of Topliss-reactive ketones (excluding diaryl/α,β-unsaturated/α-hetero) is 1. The van der Waals surface area contributed by atoms with E-state index in [4.69, 9.17) is 14.6 Å². The summed E-state index contributed by atoms with van der Waals surface area (Å²) in [4.78, 5) is 60.9. The van der Waals surface area contributed by atoms with Crippen molar-refractivity contribution in [2.75, 3.05) is 6.61 Å². The van der Waals surface area contributed by atoms with Crippen LogP contribution in [-0.4, -0.2) is 58.0 Å². The lowest BCUT2D eigenvalue weighted by atomic mass is 9.44. The van der Waals surface area contributed by atoms with Crippen molar-refractivity contribution in [2.45, 2.75) is 65.1 Å². The predicted octanol–water partition coefficient (Wildman–Crippen LogP) is 2.57. The van der Waals surface area contributed by atoms with Gasteiger partial charge in [0.15, 0.2) is 18.0 Å². The molecule has 0 saturated heterocycles. The minimum atomic E-state index is -1.70. The number of aliphatic hydroxyl groups excluding tert-OH is 1. The molecule has 9 heteroatoms. The van der Waals surface area contributed by atoms with Crippen LogP contribution in [0.25, 0.3) is 0 Å². The number of rotatable bonds is 6. The van der Waals surface area contributed by atoms with Crippen LogP contribution < -0.4 is 0 Å². The normalized spacial score (nSPS) is 40.3. The molecule has 2 N–H and O–H groups in total. The van der Waals surface area contributed by atoms with E-state index in [1.165, 1.54) is 6.92 Å². The number of carbonyl (C=O) groups is 5. The first kappa shape index (κ1) is 27.0. The van der Waals surface area contributed by atoms with E-state index in [0.29, 0.717) is 18.9 Å². The average molecular weight is 515 g/mol. The van der Waals surface area contributed by atoms with Gasteiger partial charge in [-0.3, -0.25) is 14.4 Å². The Bertz CT molecular complexity index is 1130. The highest BCUT2D eigenvalue weighted by molar-refractivity contribution is 6.01. The second kappa shape index (κ2) is 9.35. The van der Waals surface area contributed by atoms with Gasteiger partial charge >= 0.3 is 17.9 Å². The number of allylic oxidation sites excluding steroid dienone is 4. The Hall–Kier alpha value is -3.07. The number of esters is 2. The third-order valence-corrected chi connectivity index (χ3v) is 9.43. The summed E-state index contributed by atoms with van der Waals surface area (Å²) in [6.07, 6.45) is 7.22. The van der Waals surface area contributed by atoms with E-state index in [2.05, 4.69) is 6.92 Å². The Morgan fingerprint density at radius 3 is 2.54 bits per heavy atom. The second-order valence-electron chi connectivity index (χ2n) is 11.4. The van der Waals surface area contributed by atoms with E-state index in [0.717, 1.165) is 11.6 Å². The molecule has 3 saturated carbocycles. The Labute approximate surface area is 215 Å². The predicted molar refractivity (Wildman–Crippen MR) is 130 cm³/mol. The average Bonchev–Trinajstić information content (AvgIpc) is 3.09. The van der Waals surface area contributed by atoms with Crippen LogP contribution >= 0.6 is 0 Å². The van der Waals surface area contributed by atoms with Gasteiger partial charge in [0.25, 0.3) is 0 Å². The van der Waals surface area contributed by atoms with E-state index in [9.17, 15) is 29.1 Å². The fourth-order valence-electron chi connectivity index (χ4n) is 8.05. The molecule has 0 aliphatic heterocycles. The molecule has 0 radical (unpaired) electrons. The van der Waals surface area contributed by atoms with Crippen LogP contribution in [0.4, 0.5) is 0 Å². The van der Waals surface area contributed by atoms with Crippen molar-refractivity contribution in [3.8, 4) is 0 Å². The molecule has 3 fully saturated rings. The maximum Gasteiger partial charge on any atom is 0.332 e. The first-order chi connectivity index (χ1) is 17.2. The molecular formula is C28H34O9. The fraction of sp³-hybridized carbons (Fsp3) is 0.607. The van der Waals surface area contributed by atoms with Crippen LogP contribution in [0.5, 0.6) is 0 Å². The van der Waals surface area contributed by atoms with Crippen molar-refractivity contribution in [1.82, 2.24) is 0 Å². The van der Waals surface area contributed by atoms with Crippen molar-refractivity contribution < 1.29 is 43.7 Å². The summed E-state index contributed by atoms with van der Waals surface area (Å²) in [5.41, 5.74) is -2.20. The molecule has 0 unspecified atom stereocenters. The van der Waals surface area contributed by atoms with E-state index < -0.39 is 52.8 Å². The highest BCUT2D eigenvalue weighted by Gasteiger charge is 2.70. The highest BCUT2D eigenvalue weighted by Crippen LogP contribution is 2.68. The number of hydrogen-bond donors (Lipinski definition) is 2. The van der Waals surface area contributed by atoms with Crippen molar-refractivity contribution >= 4 is 29.5 Å². The van der Waals surface area contributed by atoms with Crippen LogP contribution in [0, 0.1) is 34.5 Å². The van der Waals surface area contributed by atoms with Gasteiger partial charge in [-0.2, -0.15) is 0 Å². The summed E-state index contributed by atoms with van der Waals surface area (Å²) in [6, 6.07) is 0. The van der Waals surface area contributed by atoms with Crippen LogP contribution in [-0.2, 0) is 33.4 Å². The van der Waals surface area contributed by atoms with Gasteiger partial charge in [-0.15, -0.1) is 0 Å². The van der Waals surface area contributed by atoms with E-state index in [1.807, 2.05) is 19.9 Å². The van der Waals surface area contributed by atoms with Crippen LogP contribution in [0.2, 0.25) is 0 Å². The van der Waals surface area contributed by atoms with E-state index >= 15 is 0 Å². The Balaban J connectivity index is 1.75. The monoisotopic (exact) mass is 514 g/mol. The van der Waals surface area contributed by atoms with Gasteiger partial charge in [-0.05, 0) is 55.6 Å². The lowest BCUT2D eigenvalue weighted by molar-refractivity contribution is -0.199. The first-order valence-electron chi connectivity index (χ1n) is 12.7. The zero-order valence-electron chi connectivity index (χ0n) is 21.6. The first-order valence-corrected chi connectivity index (χ1v) is 12.7. The largest absolute Gasteiger partial charge is 0.478 e. The van der Waals surface area contributed by atoms with E-state index in [-0.39, 0.29) is 42.3 Å². The maximum absolute atomic E-state index is 13.6. The number of fused-ring (bicyclic) bond motifs is 5. The van der Waals surface area contributed by atoms with Gasteiger partial charge in [-0.25, -0.2) is 9.59 Å². The molecule has 0 bridgehead atoms. The molecule has 8 atom stereocenters.